The molecule has 0 radical (unpaired) electrons. The largest absolute Gasteiger partial charge is 0.364 e. The van der Waals surface area contributed by atoms with Crippen LogP contribution in [0.3, 0.4) is 0 Å². The van der Waals surface area contributed by atoms with Crippen LogP contribution in [0.4, 0.5) is 0 Å². The van der Waals surface area contributed by atoms with E-state index in [0.29, 0.717) is 5.56 Å². The van der Waals surface area contributed by atoms with Gasteiger partial charge in [-0.3, -0.25) is 9.78 Å². The van der Waals surface area contributed by atoms with Gasteiger partial charge in [0.25, 0.3) is 5.91 Å². The number of hydrazone groups is 1. The van der Waals surface area contributed by atoms with Gasteiger partial charge in [-0.2, -0.15) is 5.10 Å². The average Bonchev–Trinajstić information content (AvgIpc) is 2.76. The quantitative estimate of drug-likeness (QED) is 0.652. The van der Waals surface area contributed by atoms with Crippen LogP contribution < -0.4 is 5.43 Å². The van der Waals surface area contributed by atoms with E-state index in [4.69, 9.17) is 0 Å². The molecule has 0 aliphatic heterocycles. The van der Waals surface area contributed by atoms with Crippen LogP contribution in [0.1, 0.15) is 34.1 Å². The van der Waals surface area contributed by atoms with E-state index in [0.717, 1.165) is 22.5 Å². The Morgan fingerprint density at radius 3 is 2.79 bits per heavy atom. The number of H-pyrrole nitrogens is 1. The second-order valence-corrected chi connectivity index (χ2v) is 4.35. The molecular weight excluding hydrogens is 240 g/mol. The molecule has 0 bridgehead atoms. The van der Waals surface area contributed by atoms with E-state index >= 15 is 0 Å². The predicted octanol–water partition coefficient (Wildman–Crippen LogP) is 2.18. The Hall–Kier alpha value is -2.43. The summed E-state index contributed by atoms with van der Waals surface area (Å²) >= 11 is 0. The van der Waals surface area contributed by atoms with Gasteiger partial charge in [0.05, 0.1) is 11.3 Å². The number of carbonyl (C=O) groups is 1. The maximum atomic E-state index is 11.8. The van der Waals surface area contributed by atoms with Gasteiger partial charge in [0.1, 0.15) is 0 Å². The maximum absolute atomic E-state index is 11.8. The summed E-state index contributed by atoms with van der Waals surface area (Å²) in [4.78, 5) is 18.9. The minimum Gasteiger partial charge on any atom is -0.364 e. The third-order valence-electron chi connectivity index (χ3n) is 2.89. The van der Waals surface area contributed by atoms with Crippen LogP contribution in [0.2, 0.25) is 0 Å². The standard InChI is InChI=1S/C14H16N4O/c1-9-7-16-10(2)13(9)11(3)17-18-14(19)12-5-4-6-15-8-12/h4-8,16H,1-3H3,(H,18,19)/b17-11+. The molecule has 0 aromatic carbocycles. The van der Waals surface area contributed by atoms with Gasteiger partial charge in [0, 0.05) is 29.8 Å². The normalized spacial score (nSPS) is 11.4. The second-order valence-electron chi connectivity index (χ2n) is 4.35. The second kappa shape index (κ2) is 5.48. The van der Waals surface area contributed by atoms with Gasteiger partial charge in [0.2, 0.25) is 0 Å². The Kier molecular flexibility index (Phi) is 3.75. The lowest BCUT2D eigenvalue weighted by Crippen LogP contribution is -2.19. The zero-order valence-electron chi connectivity index (χ0n) is 11.2. The zero-order valence-corrected chi connectivity index (χ0v) is 11.2. The first-order valence-corrected chi connectivity index (χ1v) is 5.99. The van der Waals surface area contributed by atoms with Crippen molar-refractivity contribution in [3.63, 3.8) is 0 Å². The van der Waals surface area contributed by atoms with Crippen LogP contribution in [0.15, 0.2) is 35.8 Å². The highest BCUT2D eigenvalue weighted by Crippen LogP contribution is 2.13. The predicted molar refractivity (Wildman–Crippen MR) is 74.2 cm³/mol. The number of hydrogen-bond donors (Lipinski definition) is 2. The molecule has 0 fully saturated rings. The molecule has 2 aromatic rings. The van der Waals surface area contributed by atoms with Gasteiger partial charge < -0.3 is 4.98 Å². The molecule has 0 aliphatic rings. The molecule has 5 nitrogen and oxygen atoms in total. The van der Waals surface area contributed by atoms with Gasteiger partial charge in [-0.25, -0.2) is 5.43 Å². The number of rotatable bonds is 3. The lowest BCUT2D eigenvalue weighted by Gasteiger charge is -2.03. The number of aromatic nitrogens is 2. The van der Waals surface area contributed by atoms with Gasteiger partial charge in [-0.05, 0) is 38.5 Å². The summed E-state index contributed by atoms with van der Waals surface area (Å²) < 4.78 is 0. The number of nitrogens with zero attached hydrogens (tertiary/aromatic N) is 2. The summed E-state index contributed by atoms with van der Waals surface area (Å²) in [5, 5.41) is 4.13. The Morgan fingerprint density at radius 1 is 1.42 bits per heavy atom. The number of amides is 1. The van der Waals surface area contributed by atoms with Crippen molar-refractivity contribution < 1.29 is 4.79 Å². The van der Waals surface area contributed by atoms with E-state index in [-0.39, 0.29) is 5.91 Å². The third-order valence-corrected chi connectivity index (χ3v) is 2.89. The fraction of sp³-hybridized carbons (Fsp3) is 0.214. The molecule has 98 valence electrons. The van der Waals surface area contributed by atoms with Gasteiger partial charge in [-0.15, -0.1) is 0 Å². The fourth-order valence-corrected chi connectivity index (χ4v) is 1.97. The molecule has 0 aliphatic carbocycles. The first kappa shape index (κ1) is 13.0. The molecule has 19 heavy (non-hydrogen) atoms. The molecule has 2 N–H and O–H groups in total. The van der Waals surface area contributed by atoms with Crippen LogP contribution in [-0.2, 0) is 0 Å². The molecule has 2 rings (SSSR count). The molecule has 0 spiro atoms. The lowest BCUT2D eigenvalue weighted by atomic mass is 10.1. The van der Waals surface area contributed by atoms with Crippen molar-refractivity contribution in [1.29, 1.82) is 0 Å². The topological polar surface area (TPSA) is 70.1 Å². The molecule has 0 saturated carbocycles. The highest BCUT2D eigenvalue weighted by molar-refractivity contribution is 6.02. The summed E-state index contributed by atoms with van der Waals surface area (Å²) in [7, 11) is 0. The Bertz CT molecular complexity index is 594. The molecule has 0 atom stereocenters. The van der Waals surface area contributed by atoms with Gasteiger partial charge >= 0.3 is 0 Å². The number of carbonyl (C=O) groups excluding carboxylic acids is 1. The minimum atomic E-state index is -0.265. The van der Waals surface area contributed by atoms with E-state index in [1.54, 1.807) is 18.3 Å². The number of aromatic amines is 1. The molecule has 0 saturated heterocycles. The molecule has 5 heteroatoms. The van der Waals surface area contributed by atoms with Crippen molar-refractivity contribution in [3.05, 3.63) is 53.1 Å². The lowest BCUT2D eigenvalue weighted by molar-refractivity contribution is 0.0954. The van der Waals surface area contributed by atoms with Crippen molar-refractivity contribution in [2.75, 3.05) is 0 Å². The van der Waals surface area contributed by atoms with Gasteiger partial charge in [-0.1, -0.05) is 0 Å². The third kappa shape index (κ3) is 2.88. The SMILES string of the molecule is C/C(=N\NC(=O)c1cccnc1)c1c(C)c[nH]c1C. The zero-order chi connectivity index (χ0) is 13.8. The number of pyridine rings is 1. The molecule has 2 heterocycles. The summed E-state index contributed by atoms with van der Waals surface area (Å²) in [6.45, 7) is 5.85. The maximum Gasteiger partial charge on any atom is 0.272 e. The van der Waals surface area contributed by atoms with E-state index < -0.39 is 0 Å². The van der Waals surface area contributed by atoms with Crippen molar-refractivity contribution in [2.45, 2.75) is 20.8 Å². The van der Waals surface area contributed by atoms with E-state index in [2.05, 4.69) is 20.5 Å². The summed E-state index contributed by atoms with van der Waals surface area (Å²) in [6, 6.07) is 3.41. The van der Waals surface area contributed by atoms with E-state index in [9.17, 15) is 4.79 Å². The minimum absolute atomic E-state index is 0.265. The number of hydrogen-bond acceptors (Lipinski definition) is 3. The molecule has 2 aromatic heterocycles. The Balaban J connectivity index is 2.13. The Morgan fingerprint density at radius 2 is 2.21 bits per heavy atom. The summed E-state index contributed by atoms with van der Waals surface area (Å²) in [5.74, 6) is -0.265. The highest BCUT2D eigenvalue weighted by Gasteiger charge is 2.09. The van der Waals surface area contributed by atoms with Gasteiger partial charge in [0.15, 0.2) is 0 Å². The Labute approximate surface area is 111 Å². The first-order chi connectivity index (χ1) is 9.09. The average molecular weight is 256 g/mol. The number of nitrogens with one attached hydrogen (secondary N) is 2. The van der Waals surface area contributed by atoms with Crippen molar-refractivity contribution >= 4 is 11.6 Å². The fourth-order valence-electron chi connectivity index (χ4n) is 1.97. The summed E-state index contributed by atoms with van der Waals surface area (Å²) in [5.41, 5.74) is 6.97. The molecule has 1 amide bonds. The van der Waals surface area contributed by atoms with E-state index in [1.807, 2.05) is 27.0 Å². The van der Waals surface area contributed by atoms with Crippen molar-refractivity contribution in [3.8, 4) is 0 Å². The molecular formula is C14H16N4O. The molecule has 0 unspecified atom stereocenters. The van der Waals surface area contributed by atoms with E-state index in [1.165, 1.54) is 6.20 Å². The van der Waals surface area contributed by atoms with Crippen LogP contribution in [-0.4, -0.2) is 21.6 Å². The van der Waals surface area contributed by atoms with Crippen LogP contribution in [0.25, 0.3) is 0 Å². The first-order valence-electron chi connectivity index (χ1n) is 5.99. The van der Waals surface area contributed by atoms with Crippen LogP contribution in [0, 0.1) is 13.8 Å². The number of aryl methyl sites for hydroxylation is 2. The highest BCUT2D eigenvalue weighted by atomic mass is 16.2. The van der Waals surface area contributed by atoms with Crippen molar-refractivity contribution in [1.82, 2.24) is 15.4 Å². The van der Waals surface area contributed by atoms with Crippen LogP contribution >= 0.6 is 0 Å². The summed E-state index contributed by atoms with van der Waals surface area (Å²) in [6.07, 6.45) is 5.05. The monoisotopic (exact) mass is 256 g/mol. The van der Waals surface area contributed by atoms with Crippen LogP contribution in [0.5, 0.6) is 0 Å². The van der Waals surface area contributed by atoms with Crippen molar-refractivity contribution in [2.24, 2.45) is 5.10 Å². The smallest absolute Gasteiger partial charge is 0.272 e.